The number of nitrogens with one attached hydrogen (secondary N) is 2. The molecule has 0 saturated heterocycles. The topological polar surface area (TPSA) is 101 Å². The molecule has 124 valence electrons. The molecule has 2 rings (SSSR count). The Labute approximate surface area is 138 Å². The van der Waals surface area contributed by atoms with Gasteiger partial charge in [0.1, 0.15) is 0 Å². The Kier molecular flexibility index (Phi) is 5.92. The van der Waals surface area contributed by atoms with Gasteiger partial charge in [0.15, 0.2) is 0 Å². The Morgan fingerprint density at radius 3 is 2.39 bits per heavy atom. The highest BCUT2D eigenvalue weighted by Gasteiger charge is 2.21. The van der Waals surface area contributed by atoms with Crippen LogP contribution in [-0.2, 0) is 9.59 Å². The van der Waals surface area contributed by atoms with Crippen LogP contribution in [0.15, 0.2) is 18.2 Å². The number of halogens is 1. The van der Waals surface area contributed by atoms with Crippen LogP contribution in [0.2, 0.25) is 5.02 Å². The molecule has 1 fully saturated rings. The molecule has 1 saturated carbocycles. The first-order valence-corrected chi connectivity index (χ1v) is 7.91. The highest BCUT2D eigenvalue weighted by molar-refractivity contribution is 6.41. The minimum atomic E-state index is -0.878. The van der Waals surface area contributed by atoms with Gasteiger partial charge in [-0.2, -0.15) is 0 Å². The quantitative estimate of drug-likeness (QED) is 0.382. The summed E-state index contributed by atoms with van der Waals surface area (Å²) in [5, 5.41) is 15.9. The van der Waals surface area contributed by atoms with E-state index in [0.29, 0.717) is 0 Å². The van der Waals surface area contributed by atoms with E-state index in [1.54, 1.807) is 0 Å². The molecule has 7 nitrogen and oxygen atoms in total. The maximum Gasteiger partial charge on any atom is 0.313 e. The van der Waals surface area contributed by atoms with E-state index in [4.69, 9.17) is 11.6 Å². The van der Waals surface area contributed by atoms with E-state index >= 15 is 0 Å². The fourth-order valence-corrected chi connectivity index (χ4v) is 2.74. The normalized spacial score (nSPS) is 15.5. The van der Waals surface area contributed by atoms with E-state index in [2.05, 4.69) is 10.6 Å². The van der Waals surface area contributed by atoms with E-state index in [-0.39, 0.29) is 22.4 Å². The Morgan fingerprint density at radius 1 is 1.13 bits per heavy atom. The Bertz CT molecular complexity index is 613. The number of rotatable bonds is 3. The van der Waals surface area contributed by atoms with E-state index < -0.39 is 16.7 Å². The van der Waals surface area contributed by atoms with Gasteiger partial charge in [0, 0.05) is 18.2 Å². The highest BCUT2D eigenvalue weighted by atomic mass is 35.5. The average molecular weight is 340 g/mol. The molecule has 0 atom stereocenters. The first-order valence-electron chi connectivity index (χ1n) is 7.53. The predicted molar refractivity (Wildman–Crippen MR) is 86.4 cm³/mol. The van der Waals surface area contributed by atoms with Gasteiger partial charge in [-0.05, 0) is 18.9 Å². The van der Waals surface area contributed by atoms with Gasteiger partial charge in [0.2, 0.25) is 0 Å². The van der Waals surface area contributed by atoms with Crippen molar-refractivity contribution in [3.63, 3.8) is 0 Å². The molecule has 0 heterocycles. The lowest BCUT2D eigenvalue weighted by Gasteiger charge is -2.16. The van der Waals surface area contributed by atoms with E-state index in [1.807, 2.05) is 0 Å². The number of non-ortho nitro benzene ring substituents is 1. The van der Waals surface area contributed by atoms with Crippen LogP contribution in [0.3, 0.4) is 0 Å². The van der Waals surface area contributed by atoms with Crippen LogP contribution in [0.5, 0.6) is 0 Å². The summed E-state index contributed by atoms with van der Waals surface area (Å²) in [5.74, 6) is -1.63. The molecule has 8 heteroatoms. The number of hydrogen-bond acceptors (Lipinski definition) is 4. The number of nitro groups is 1. The molecule has 1 aliphatic rings. The maximum atomic E-state index is 12.0. The standard InChI is InChI=1S/C15H18ClN3O4/c16-12-8-7-11(19(22)23)9-13(12)18-15(21)14(20)17-10-5-3-1-2-4-6-10/h7-10H,1-6H2,(H,17,20)(H,18,21). The summed E-state index contributed by atoms with van der Waals surface area (Å²) < 4.78 is 0. The molecule has 1 aliphatic carbocycles. The summed E-state index contributed by atoms with van der Waals surface area (Å²) in [5.41, 5.74) is -0.171. The largest absolute Gasteiger partial charge is 0.345 e. The molecule has 0 bridgehead atoms. The van der Waals surface area contributed by atoms with Gasteiger partial charge in [-0.25, -0.2) is 0 Å². The Balaban J connectivity index is 1.99. The fourth-order valence-electron chi connectivity index (χ4n) is 2.58. The van der Waals surface area contributed by atoms with Crippen molar-refractivity contribution in [1.29, 1.82) is 0 Å². The van der Waals surface area contributed by atoms with Gasteiger partial charge >= 0.3 is 11.8 Å². The smallest absolute Gasteiger partial charge is 0.313 e. The summed E-state index contributed by atoms with van der Waals surface area (Å²) >= 11 is 5.89. The van der Waals surface area contributed by atoms with Crippen LogP contribution in [0.25, 0.3) is 0 Å². The lowest BCUT2D eigenvalue weighted by Crippen LogP contribution is -2.41. The number of nitrogens with zero attached hydrogens (tertiary/aromatic N) is 1. The van der Waals surface area contributed by atoms with Crippen molar-refractivity contribution < 1.29 is 14.5 Å². The first-order chi connectivity index (χ1) is 11.0. The molecule has 0 aromatic heterocycles. The molecule has 0 radical (unpaired) electrons. The number of carbonyl (C=O) groups is 2. The van der Waals surface area contributed by atoms with Crippen molar-refractivity contribution in [2.24, 2.45) is 0 Å². The van der Waals surface area contributed by atoms with Gasteiger partial charge in [-0.1, -0.05) is 37.3 Å². The van der Waals surface area contributed by atoms with Crippen molar-refractivity contribution in [3.05, 3.63) is 33.3 Å². The third kappa shape index (κ3) is 4.92. The SMILES string of the molecule is O=C(Nc1cc([N+](=O)[O-])ccc1Cl)C(=O)NC1CCCCCC1. The first kappa shape index (κ1) is 17.2. The third-order valence-electron chi connectivity index (χ3n) is 3.81. The Morgan fingerprint density at radius 2 is 1.78 bits per heavy atom. The van der Waals surface area contributed by atoms with Crippen LogP contribution < -0.4 is 10.6 Å². The van der Waals surface area contributed by atoms with Crippen LogP contribution in [-0.4, -0.2) is 22.8 Å². The van der Waals surface area contributed by atoms with Crippen molar-refractivity contribution in [3.8, 4) is 0 Å². The van der Waals surface area contributed by atoms with Crippen LogP contribution in [0.4, 0.5) is 11.4 Å². The number of carbonyl (C=O) groups excluding carboxylic acids is 2. The molecule has 1 aromatic rings. The van der Waals surface area contributed by atoms with Crippen molar-refractivity contribution in [2.75, 3.05) is 5.32 Å². The van der Waals surface area contributed by atoms with Crippen molar-refractivity contribution in [2.45, 2.75) is 44.6 Å². The molecule has 2 N–H and O–H groups in total. The lowest BCUT2D eigenvalue weighted by atomic mass is 10.1. The second-order valence-electron chi connectivity index (χ2n) is 5.54. The summed E-state index contributed by atoms with van der Waals surface area (Å²) in [7, 11) is 0. The second-order valence-corrected chi connectivity index (χ2v) is 5.94. The highest BCUT2D eigenvalue weighted by Crippen LogP contribution is 2.26. The van der Waals surface area contributed by atoms with Crippen LogP contribution in [0.1, 0.15) is 38.5 Å². The molecular formula is C15H18ClN3O4. The predicted octanol–water partition coefficient (Wildman–Crippen LogP) is 3.03. The lowest BCUT2D eigenvalue weighted by molar-refractivity contribution is -0.384. The van der Waals surface area contributed by atoms with Crippen molar-refractivity contribution >= 4 is 34.8 Å². The fraction of sp³-hybridized carbons (Fsp3) is 0.467. The second kappa shape index (κ2) is 7.92. The monoisotopic (exact) mass is 339 g/mol. The number of amides is 2. The number of benzene rings is 1. The average Bonchev–Trinajstić information content (AvgIpc) is 2.77. The summed E-state index contributed by atoms with van der Waals surface area (Å²) in [4.78, 5) is 34.1. The van der Waals surface area contributed by atoms with Gasteiger partial charge in [0.25, 0.3) is 5.69 Å². The minimum absolute atomic E-state index is 0.00340. The molecule has 2 amide bonds. The van der Waals surface area contributed by atoms with Gasteiger partial charge in [-0.15, -0.1) is 0 Å². The molecular weight excluding hydrogens is 322 g/mol. The number of nitro benzene ring substituents is 1. The van der Waals surface area contributed by atoms with Crippen LogP contribution >= 0.6 is 11.6 Å². The minimum Gasteiger partial charge on any atom is -0.345 e. The zero-order valence-corrected chi connectivity index (χ0v) is 13.3. The number of hydrogen-bond donors (Lipinski definition) is 2. The molecule has 0 unspecified atom stereocenters. The molecule has 0 aliphatic heterocycles. The third-order valence-corrected chi connectivity index (χ3v) is 4.14. The molecule has 1 aromatic carbocycles. The van der Waals surface area contributed by atoms with Gasteiger partial charge in [-0.3, -0.25) is 19.7 Å². The summed E-state index contributed by atoms with van der Waals surface area (Å²) in [6, 6.07) is 3.65. The zero-order chi connectivity index (χ0) is 16.8. The summed E-state index contributed by atoms with van der Waals surface area (Å²) in [6.07, 6.45) is 6.06. The number of anilines is 1. The van der Waals surface area contributed by atoms with Gasteiger partial charge < -0.3 is 10.6 Å². The molecule has 0 spiro atoms. The Hall–Kier alpha value is -2.15. The van der Waals surface area contributed by atoms with Gasteiger partial charge in [0.05, 0.1) is 15.6 Å². The molecule has 23 heavy (non-hydrogen) atoms. The maximum absolute atomic E-state index is 12.0. The van der Waals surface area contributed by atoms with Crippen molar-refractivity contribution in [1.82, 2.24) is 5.32 Å². The van der Waals surface area contributed by atoms with E-state index in [9.17, 15) is 19.7 Å². The summed E-state index contributed by atoms with van der Waals surface area (Å²) in [6.45, 7) is 0. The van der Waals surface area contributed by atoms with E-state index in [0.717, 1.165) is 44.6 Å². The zero-order valence-electron chi connectivity index (χ0n) is 12.5. The van der Waals surface area contributed by atoms with Crippen LogP contribution in [0, 0.1) is 10.1 Å². The van der Waals surface area contributed by atoms with E-state index in [1.165, 1.54) is 12.1 Å².